The predicted molar refractivity (Wildman–Crippen MR) is 91.6 cm³/mol. The lowest BCUT2D eigenvalue weighted by molar-refractivity contribution is 0.472. The summed E-state index contributed by atoms with van der Waals surface area (Å²) in [5.41, 5.74) is 0.949. The third kappa shape index (κ3) is 2.42. The van der Waals surface area contributed by atoms with Gasteiger partial charge in [0.25, 0.3) is 5.56 Å². The lowest BCUT2D eigenvalue weighted by Gasteiger charge is -2.09. The lowest BCUT2D eigenvalue weighted by atomic mass is 10.0. The molecular weight excluding hydrogens is 325 g/mol. The number of aromatic amines is 2. The molecule has 2 aromatic carbocycles. The summed E-state index contributed by atoms with van der Waals surface area (Å²) in [7, 11) is 0. The Labute approximate surface area is 139 Å². The van der Waals surface area contributed by atoms with Gasteiger partial charge in [-0.2, -0.15) is 0 Å². The molecule has 0 bridgehead atoms. The van der Waals surface area contributed by atoms with Crippen LogP contribution in [0, 0.1) is 5.82 Å². The monoisotopic (exact) mass is 337 g/mol. The number of aromatic nitrogens is 3. The number of nitrogens with zero attached hydrogens (tertiary/aromatic N) is 1. The van der Waals surface area contributed by atoms with Gasteiger partial charge < -0.3 is 14.7 Å². The fourth-order valence-electron chi connectivity index (χ4n) is 2.88. The minimum Gasteiger partial charge on any atom is -0.507 e. The minimum atomic E-state index is -0.569. The van der Waals surface area contributed by atoms with Crippen LogP contribution in [0.5, 0.6) is 5.75 Å². The number of nitrogens with one attached hydrogen (secondary N) is 2. The zero-order valence-electron chi connectivity index (χ0n) is 12.8. The Bertz CT molecular complexity index is 1180. The first-order valence-electron chi connectivity index (χ1n) is 7.46. The largest absolute Gasteiger partial charge is 0.507 e. The molecule has 0 saturated carbocycles. The van der Waals surface area contributed by atoms with E-state index in [1.807, 2.05) is 0 Å². The summed E-state index contributed by atoms with van der Waals surface area (Å²) in [4.78, 5) is 28.1. The van der Waals surface area contributed by atoms with E-state index in [-0.39, 0.29) is 11.3 Å². The number of aromatic hydroxyl groups is 1. The first-order valence-corrected chi connectivity index (χ1v) is 7.46. The summed E-state index contributed by atoms with van der Waals surface area (Å²) in [6.07, 6.45) is 1.66. The van der Waals surface area contributed by atoms with Crippen LogP contribution in [0.1, 0.15) is 0 Å². The zero-order valence-corrected chi connectivity index (χ0v) is 12.8. The maximum absolute atomic E-state index is 14.0. The van der Waals surface area contributed by atoms with Gasteiger partial charge in [0.1, 0.15) is 17.1 Å². The highest BCUT2D eigenvalue weighted by Gasteiger charge is 2.12. The van der Waals surface area contributed by atoms with Crippen LogP contribution in [0.15, 0.2) is 64.3 Å². The Balaban J connectivity index is 1.84. The second-order valence-electron chi connectivity index (χ2n) is 5.54. The van der Waals surface area contributed by atoms with Crippen molar-refractivity contribution < 1.29 is 9.50 Å². The van der Waals surface area contributed by atoms with Crippen LogP contribution in [0.2, 0.25) is 0 Å². The first-order chi connectivity index (χ1) is 12.0. The minimum absolute atomic E-state index is 0.119. The van der Waals surface area contributed by atoms with Crippen molar-refractivity contribution >= 4 is 11.0 Å². The molecule has 4 aromatic rings. The van der Waals surface area contributed by atoms with Crippen molar-refractivity contribution in [1.29, 1.82) is 0 Å². The van der Waals surface area contributed by atoms with E-state index in [0.29, 0.717) is 22.3 Å². The Morgan fingerprint density at radius 3 is 2.44 bits per heavy atom. The smallest absolute Gasteiger partial charge is 0.326 e. The summed E-state index contributed by atoms with van der Waals surface area (Å²) in [5, 5.41) is 9.88. The second-order valence-corrected chi connectivity index (χ2v) is 5.54. The summed E-state index contributed by atoms with van der Waals surface area (Å²) < 4.78 is 15.6. The van der Waals surface area contributed by atoms with Crippen LogP contribution >= 0.6 is 0 Å². The molecule has 25 heavy (non-hydrogen) atoms. The van der Waals surface area contributed by atoms with Crippen molar-refractivity contribution in [2.24, 2.45) is 0 Å². The van der Waals surface area contributed by atoms with Gasteiger partial charge in [0, 0.05) is 11.9 Å². The zero-order chi connectivity index (χ0) is 17.6. The van der Waals surface area contributed by atoms with Crippen LogP contribution in [0.4, 0.5) is 4.39 Å². The quantitative estimate of drug-likeness (QED) is 0.525. The van der Waals surface area contributed by atoms with Crippen molar-refractivity contribution in [1.82, 2.24) is 14.5 Å². The number of halogens is 1. The summed E-state index contributed by atoms with van der Waals surface area (Å²) in [6, 6.07) is 12.5. The van der Waals surface area contributed by atoms with E-state index < -0.39 is 17.1 Å². The van der Waals surface area contributed by atoms with Gasteiger partial charge in [-0.15, -0.1) is 0 Å². The van der Waals surface area contributed by atoms with Gasteiger partial charge in [0.05, 0.1) is 11.1 Å². The van der Waals surface area contributed by atoms with Gasteiger partial charge in [0.15, 0.2) is 0 Å². The number of rotatable bonds is 2. The molecule has 7 heteroatoms. The molecule has 4 rings (SSSR count). The third-order valence-electron chi connectivity index (χ3n) is 4.00. The first kappa shape index (κ1) is 14.9. The number of benzene rings is 2. The van der Waals surface area contributed by atoms with Crippen LogP contribution < -0.4 is 11.2 Å². The number of phenolic OH excluding ortho intramolecular Hbond substituents is 1. The van der Waals surface area contributed by atoms with E-state index in [1.54, 1.807) is 41.1 Å². The number of hydrogen-bond acceptors (Lipinski definition) is 3. The van der Waals surface area contributed by atoms with Crippen molar-refractivity contribution in [3.8, 4) is 22.6 Å². The summed E-state index contributed by atoms with van der Waals surface area (Å²) >= 11 is 0. The summed E-state index contributed by atoms with van der Waals surface area (Å²) in [5.74, 6) is -0.665. The van der Waals surface area contributed by atoms with Crippen LogP contribution in [0.25, 0.3) is 27.8 Å². The Kier molecular flexibility index (Phi) is 3.28. The highest BCUT2D eigenvalue weighted by molar-refractivity contribution is 5.77. The standard InChI is InChI=1S/C18H12FN3O3/c19-12-2-1-3-14(23)15(12)10-4-6-11(7-5-10)22-9-8-13-16(22)17(24)21-18(25)20-13/h1-9,23H,(H2,20,21,24,25). The van der Waals surface area contributed by atoms with E-state index in [4.69, 9.17) is 0 Å². The van der Waals surface area contributed by atoms with Gasteiger partial charge in [-0.25, -0.2) is 9.18 Å². The van der Waals surface area contributed by atoms with E-state index in [9.17, 15) is 19.1 Å². The van der Waals surface area contributed by atoms with E-state index in [0.717, 1.165) is 0 Å². The Hall–Kier alpha value is -3.61. The Morgan fingerprint density at radius 1 is 0.960 bits per heavy atom. The highest BCUT2D eigenvalue weighted by Crippen LogP contribution is 2.32. The Morgan fingerprint density at radius 2 is 1.72 bits per heavy atom. The van der Waals surface area contributed by atoms with E-state index >= 15 is 0 Å². The molecule has 0 spiro atoms. The molecule has 6 nitrogen and oxygen atoms in total. The molecule has 0 unspecified atom stereocenters. The molecule has 3 N–H and O–H groups in total. The molecule has 0 aliphatic heterocycles. The maximum Gasteiger partial charge on any atom is 0.326 e. The van der Waals surface area contributed by atoms with Crippen molar-refractivity contribution in [2.45, 2.75) is 0 Å². The van der Waals surface area contributed by atoms with Crippen molar-refractivity contribution in [3.05, 3.63) is 81.4 Å². The molecule has 0 radical (unpaired) electrons. The van der Waals surface area contributed by atoms with Gasteiger partial charge in [-0.3, -0.25) is 9.78 Å². The van der Waals surface area contributed by atoms with Gasteiger partial charge in [-0.1, -0.05) is 18.2 Å². The normalized spacial score (nSPS) is 11.1. The number of H-pyrrole nitrogens is 2. The van der Waals surface area contributed by atoms with Crippen molar-refractivity contribution in [3.63, 3.8) is 0 Å². The molecule has 0 saturated heterocycles. The molecule has 0 amide bonds. The molecule has 2 aromatic heterocycles. The SMILES string of the molecule is O=c1[nH]c(=O)c2c(ccn2-c2ccc(-c3c(O)cccc3F)cc2)[nH]1. The predicted octanol–water partition coefficient (Wildman–Crippen LogP) is 2.52. The molecule has 124 valence electrons. The van der Waals surface area contributed by atoms with Crippen LogP contribution in [-0.2, 0) is 0 Å². The maximum atomic E-state index is 14.0. The third-order valence-corrected chi connectivity index (χ3v) is 4.00. The fourth-order valence-corrected chi connectivity index (χ4v) is 2.88. The number of phenols is 1. The molecule has 0 aliphatic carbocycles. The molecule has 0 fully saturated rings. The summed E-state index contributed by atoms with van der Waals surface area (Å²) in [6.45, 7) is 0. The average Bonchev–Trinajstić information content (AvgIpc) is 2.99. The van der Waals surface area contributed by atoms with E-state index in [1.165, 1.54) is 18.2 Å². The molecule has 0 aliphatic rings. The second kappa shape index (κ2) is 5.48. The van der Waals surface area contributed by atoms with Crippen LogP contribution in [0.3, 0.4) is 0 Å². The van der Waals surface area contributed by atoms with Crippen molar-refractivity contribution in [2.75, 3.05) is 0 Å². The van der Waals surface area contributed by atoms with Gasteiger partial charge in [-0.05, 0) is 35.9 Å². The lowest BCUT2D eigenvalue weighted by Crippen LogP contribution is -2.22. The molecular formula is C18H12FN3O3. The molecule has 0 atom stereocenters. The fraction of sp³-hybridized carbons (Fsp3) is 0. The average molecular weight is 337 g/mol. The van der Waals surface area contributed by atoms with Gasteiger partial charge in [0.2, 0.25) is 0 Å². The number of fused-ring (bicyclic) bond motifs is 1. The molecule has 2 heterocycles. The topological polar surface area (TPSA) is 90.9 Å². The number of hydrogen-bond donors (Lipinski definition) is 3. The van der Waals surface area contributed by atoms with Gasteiger partial charge >= 0.3 is 5.69 Å². The highest BCUT2D eigenvalue weighted by atomic mass is 19.1. The van der Waals surface area contributed by atoms with Crippen LogP contribution in [-0.4, -0.2) is 19.6 Å². The van der Waals surface area contributed by atoms with E-state index in [2.05, 4.69) is 9.97 Å².